The minimum atomic E-state index is -0.357. The Hall–Kier alpha value is -2.71. The molecule has 0 saturated heterocycles. The summed E-state index contributed by atoms with van der Waals surface area (Å²) in [4.78, 5) is 13.0. The fourth-order valence-electron chi connectivity index (χ4n) is 5.55. The summed E-state index contributed by atoms with van der Waals surface area (Å²) in [5.74, 6) is -0.357. The molecule has 7 heteroatoms. The number of hydrogen-bond acceptors (Lipinski definition) is 5. The zero-order valence-electron chi connectivity index (χ0n) is 23.6. The molecule has 5 rings (SSSR count). The number of benzene rings is 2. The number of rotatable bonds is 11. The van der Waals surface area contributed by atoms with E-state index >= 15 is 0 Å². The van der Waals surface area contributed by atoms with E-state index in [1.807, 2.05) is 42.5 Å². The number of fused-ring (bicyclic) bond motifs is 1. The van der Waals surface area contributed by atoms with Crippen LogP contribution >= 0.6 is 12.0 Å². The minimum absolute atomic E-state index is 0.357. The van der Waals surface area contributed by atoms with Crippen molar-refractivity contribution < 1.29 is 8.94 Å². The van der Waals surface area contributed by atoms with E-state index in [1.165, 1.54) is 62.1 Å². The lowest BCUT2D eigenvalue weighted by Gasteiger charge is -2.28. The Morgan fingerprint density at radius 1 is 0.875 bits per heavy atom. The first-order valence-electron chi connectivity index (χ1n) is 14.6. The van der Waals surface area contributed by atoms with E-state index in [0.717, 1.165) is 54.6 Å². The first-order chi connectivity index (χ1) is 19.6. The molecular formula is C33H43FN4OS. The van der Waals surface area contributed by atoms with Gasteiger partial charge in [0.1, 0.15) is 0 Å². The average Bonchev–Trinajstić information content (AvgIpc) is 3.19. The van der Waals surface area contributed by atoms with Crippen molar-refractivity contribution in [2.45, 2.75) is 75.4 Å². The van der Waals surface area contributed by atoms with Gasteiger partial charge in [-0.25, -0.2) is 4.98 Å². The van der Waals surface area contributed by atoms with Gasteiger partial charge >= 0.3 is 0 Å². The molecule has 2 heterocycles. The van der Waals surface area contributed by atoms with E-state index in [-0.39, 0.29) is 5.95 Å². The zero-order chi connectivity index (χ0) is 28.0. The third-order valence-corrected chi connectivity index (χ3v) is 8.31. The maximum Gasteiger partial charge on any atom is 0.217 e. The van der Waals surface area contributed by atoms with Gasteiger partial charge in [0.05, 0.1) is 0 Å². The number of aromatic nitrogens is 2. The number of hydrogen-bond donors (Lipinski definition) is 2. The maximum absolute atomic E-state index is 14.3. The highest BCUT2D eigenvalue weighted by Gasteiger charge is 2.17. The van der Waals surface area contributed by atoms with E-state index in [2.05, 4.69) is 57.3 Å². The summed E-state index contributed by atoms with van der Waals surface area (Å²) < 4.78 is 22.7. The van der Waals surface area contributed by atoms with Gasteiger partial charge in [-0.1, -0.05) is 68.1 Å². The molecule has 1 aliphatic carbocycles. The second-order valence-electron chi connectivity index (χ2n) is 10.8. The van der Waals surface area contributed by atoms with Crippen molar-refractivity contribution in [2.75, 3.05) is 20.1 Å². The Kier molecular flexibility index (Phi) is 12.5. The summed E-state index contributed by atoms with van der Waals surface area (Å²) in [5.41, 5.74) is 3.09. The van der Waals surface area contributed by atoms with E-state index < -0.39 is 0 Å². The lowest BCUT2D eigenvalue weighted by atomic mass is 10.1. The summed E-state index contributed by atoms with van der Waals surface area (Å²) in [6, 6.07) is 22.2. The van der Waals surface area contributed by atoms with Crippen LogP contribution in [0, 0.1) is 5.95 Å². The van der Waals surface area contributed by atoms with E-state index in [0.29, 0.717) is 12.1 Å². The minimum Gasteiger partial charge on any atom is -0.361 e. The quantitative estimate of drug-likeness (QED) is 0.0832. The van der Waals surface area contributed by atoms with Gasteiger partial charge in [0.15, 0.2) is 0 Å². The smallest absolute Gasteiger partial charge is 0.217 e. The van der Waals surface area contributed by atoms with Gasteiger partial charge in [0.25, 0.3) is 0 Å². The van der Waals surface area contributed by atoms with Crippen molar-refractivity contribution in [1.82, 2.24) is 19.8 Å². The normalized spacial score (nSPS) is 14.3. The number of unbranched alkanes of at least 4 members (excludes halogenated alkanes) is 1. The Morgan fingerprint density at radius 3 is 2.30 bits per heavy atom. The van der Waals surface area contributed by atoms with Crippen LogP contribution in [0.4, 0.5) is 4.39 Å². The van der Waals surface area contributed by atoms with Crippen LogP contribution in [0.15, 0.2) is 84.0 Å². The topological polar surface area (TPSA) is 55.4 Å². The maximum atomic E-state index is 14.3. The Bertz CT molecular complexity index is 1260. The monoisotopic (exact) mass is 562 g/mol. The molecule has 0 spiro atoms. The zero-order valence-corrected chi connectivity index (χ0v) is 24.5. The van der Waals surface area contributed by atoms with Crippen molar-refractivity contribution in [2.24, 2.45) is 0 Å². The van der Waals surface area contributed by atoms with Gasteiger partial charge in [0.2, 0.25) is 5.95 Å². The van der Waals surface area contributed by atoms with E-state index in [9.17, 15) is 4.39 Å². The van der Waals surface area contributed by atoms with Gasteiger partial charge in [-0.2, -0.15) is 4.39 Å². The first-order valence-corrected chi connectivity index (χ1v) is 15.3. The SMILES string of the molecule is CN(CCCCN(Cc1cccnc1F)Cc1c[nH]c2ccccc12)C1CCCCCC1.OSc1ccccc1. The number of pyridine rings is 1. The van der Waals surface area contributed by atoms with E-state index in [1.54, 1.807) is 0 Å². The molecule has 214 valence electrons. The summed E-state index contributed by atoms with van der Waals surface area (Å²) in [6.07, 6.45) is 14.2. The van der Waals surface area contributed by atoms with Gasteiger partial charge in [-0.15, -0.1) is 0 Å². The second-order valence-corrected chi connectivity index (χ2v) is 11.4. The van der Waals surface area contributed by atoms with Gasteiger partial charge in [0, 0.05) is 64.9 Å². The number of nitrogens with zero attached hydrogens (tertiary/aromatic N) is 3. The van der Waals surface area contributed by atoms with Crippen molar-refractivity contribution in [3.05, 3.63) is 96.2 Å². The molecule has 2 aromatic carbocycles. The lowest BCUT2D eigenvalue weighted by molar-refractivity contribution is 0.204. The number of H-pyrrole nitrogens is 1. The Morgan fingerprint density at radius 2 is 1.57 bits per heavy atom. The number of nitrogens with one attached hydrogen (secondary N) is 1. The second kappa shape index (κ2) is 16.5. The van der Waals surface area contributed by atoms with Gasteiger partial charge < -0.3 is 14.4 Å². The van der Waals surface area contributed by atoms with Gasteiger partial charge in [-0.3, -0.25) is 4.90 Å². The first kappa shape index (κ1) is 30.3. The molecule has 0 radical (unpaired) electrons. The Labute approximate surface area is 243 Å². The molecule has 4 aromatic rings. The highest BCUT2D eigenvalue weighted by atomic mass is 32.2. The van der Waals surface area contributed by atoms with Crippen LogP contribution in [0.3, 0.4) is 0 Å². The van der Waals surface area contributed by atoms with Crippen LogP contribution in [-0.2, 0) is 13.1 Å². The highest BCUT2D eigenvalue weighted by molar-refractivity contribution is 7.93. The molecule has 0 amide bonds. The number of halogens is 1. The summed E-state index contributed by atoms with van der Waals surface area (Å²) >= 11 is 0.769. The van der Waals surface area contributed by atoms with Crippen LogP contribution in [0.25, 0.3) is 10.9 Å². The van der Waals surface area contributed by atoms with Crippen molar-refractivity contribution in [1.29, 1.82) is 0 Å². The summed E-state index contributed by atoms with van der Waals surface area (Å²) in [6.45, 7) is 3.48. The van der Waals surface area contributed by atoms with Crippen LogP contribution in [0.2, 0.25) is 0 Å². The van der Waals surface area contributed by atoms with Crippen LogP contribution < -0.4 is 0 Å². The summed E-state index contributed by atoms with van der Waals surface area (Å²) in [7, 11) is 2.30. The molecule has 0 atom stereocenters. The molecule has 0 aliphatic heterocycles. The van der Waals surface area contributed by atoms with Gasteiger partial charge in [-0.05, 0) is 75.6 Å². The van der Waals surface area contributed by atoms with Crippen molar-refractivity contribution >= 4 is 22.9 Å². The molecule has 5 nitrogen and oxygen atoms in total. The van der Waals surface area contributed by atoms with Crippen molar-refractivity contribution in [3.63, 3.8) is 0 Å². The largest absolute Gasteiger partial charge is 0.361 e. The standard InChI is InChI=1S/C27H37FN4.C6H6OS/c1-31(24-12-4-2-3-5-13-24)17-8-9-18-32(20-22-11-10-16-29-27(22)28)21-23-19-30-26-15-7-6-14-25(23)26;7-8-6-4-2-1-3-5-6/h6-7,10-11,14-16,19,24,30H,2-5,8-9,12-13,17-18,20-21H2,1H3;1-5,7H. The fourth-order valence-corrected chi connectivity index (χ4v) is 5.83. The molecule has 2 aromatic heterocycles. The molecule has 0 bridgehead atoms. The number of para-hydroxylation sites is 1. The average molecular weight is 563 g/mol. The van der Waals surface area contributed by atoms with Crippen LogP contribution in [-0.4, -0.2) is 50.5 Å². The number of aromatic amines is 1. The van der Waals surface area contributed by atoms with Crippen LogP contribution in [0.5, 0.6) is 0 Å². The predicted octanol–water partition coefficient (Wildman–Crippen LogP) is 8.39. The molecule has 0 unspecified atom stereocenters. The molecule has 1 aliphatic rings. The summed E-state index contributed by atoms with van der Waals surface area (Å²) in [5, 5.41) is 1.25. The predicted molar refractivity (Wildman–Crippen MR) is 165 cm³/mol. The fraction of sp³-hybridized carbons (Fsp3) is 0.424. The third kappa shape index (κ3) is 9.44. The molecule has 1 fully saturated rings. The van der Waals surface area contributed by atoms with Crippen molar-refractivity contribution in [3.8, 4) is 0 Å². The highest BCUT2D eigenvalue weighted by Crippen LogP contribution is 2.23. The van der Waals surface area contributed by atoms with Crippen LogP contribution in [0.1, 0.15) is 62.5 Å². The molecular weight excluding hydrogens is 519 g/mol. The van der Waals surface area contributed by atoms with E-state index in [4.69, 9.17) is 4.55 Å². The molecule has 40 heavy (non-hydrogen) atoms. The third-order valence-electron chi connectivity index (χ3n) is 7.83. The molecule has 1 saturated carbocycles. The Balaban J connectivity index is 0.000000398. The molecule has 2 N–H and O–H groups in total. The lowest BCUT2D eigenvalue weighted by Crippen LogP contribution is -2.32.